The highest BCUT2D eigenvalue weighted by molar-refractivity contribution is 5.64. The van der Waals surface area contributed by atoms with E-state index in [0.29, 0.717) is 24.8 Å². The normalized spacial score (nSPS) is 18.1. The van der Waals surface area contributed by atoms with Crippen molar-refractivity contribution in [2.75, 3.05) is 45.3 Å². The van der Waals surface area contributed by atoms with Crippen LogP contribution in [0.1, 0.15) is 17.4 Å². The molecule has 1 aromatic carbocycles. The highest BCUT2D eigenvalue weighted by Crippen LogP contribution is 2.31. The molecule has 3 aromatic rings. The van der Waals surface area contributed by atoms with Gasteiger partial charge in [0.05, 0.1) is 25.6 Å². The van der Waals surface area contributed by atoms with Crippen LogP contribution in [0.25, 0.3) is 6.08 Å². The van der Waals surface area contributed by atoms with E-state index in [9.17, 15) is 4.39 Å². The molecule has 8 heteroatoms. The van der Waals surface area contributed by atoms with E-state index in [1.807, 2.05) is 36.4 Å². The van der Waals surface area contributed by atoms with Gasteiger partial charge in [0.15, 0.2) is 0 Å². The van der Waals surface area contributed by atoms with Crippen LogP contribution in [0.3, 0.4) is 0 Å². The number of rotatable bonds is 6. The van der Waals surface area contributed by atoms with Crippen LogP contribution in [-0.4, -0.2) is 54.8 Å². The van der Waals surface area contributed by atoms with E-state index < -0.39 is 0 Å². The van der Waals surface area contributed by atoms with Gasteiger partial charge in [0.1, 0.15) is 41.7 Å². The molecule has 1 N–H and O–H groups in total. The van der Waals surface area contributed by atoms with Gasteiger partial charge in [-0.3, -0.25) is 4.90 Å². The number of halogens is 1. The molecule has 5 rings (SSSR count). The van der Waals surface area contributed by atoms with E-state index in [4.69, 9.17) is 19.2 Å². The first-order chi connectivity index (χ1) is 16.2. The van der Waals surface area contributed by atoms with Gasteiger partial charge in [-0.2, -0.15) is 0 Å². The Morgan fingerprint density at radius 3 is 2.97 bits per heavy atom. The average molecular weight is 448 g/mol. The van der Waals surface area contributed by atoms with Gasteiger partial charge in [-0.15, -0.1) is 0 Å². The minimum Gasteiger partial charge on any atom is -0.497 e. The van der Waals surface area contributed by atoms with Crippen LogP contribution in [0.4, 0.5) is 16.0 Å². The molecule has 0 aliphatic carbocycles. The Morgan fingerprint density at radius 1 is 1.18 bits per heavy atom. The lowest BCUT2D eigenvalue weighted by Crippen LogP contribution is -2.40. The number of nitrogens with zero attached hydrogens (tertiary/aromatic N) is 3. The van der Waals surface area contributed by atoms with E-state index in [2.05, 4.69) is 21.3 Å². The van der Waals surface area contributed by atoms with Crippen molar-refractivity contribution < 1.29 is 18.6 Å². The topological polar surface area (TPSA) is 68.7 Å². The molecule has 1 fully saturated rings. The molecule has 170 valence electrons. The van der Waals surface area contributed by atoms with E-state index in [1.54, 1.807) is 13.2 Å². The molecule has 2 aliphatic rings. The summed E-state index contributed by atoms with van der Waals surface area (Å²) in [5.74, 6) is 2.49. The van der Waals surface area contributed by atoms with E-state index in [1.165, 1.54) is 17.8 Å². The molecule has 0 saturated carbocycles. The molecule has 2 aromatic heterocycles. The first-order valence-electron chi connectivity index (χ1n) is 10.9. The monoisotopic (exact) mass is 448 g/mol. The average Bonchev–Trinajstić information content (AvgIpc) is 2.85. The molecule has 0 bridgehead atoms. The first kappa shape index (κ1) is 21.4. The van der Waals surface area contributed by atoms with E-state index >= 15 is 0 Å². The summed E-state index contributed by atoms with van der Waals surface area (Å²) in [6.45, 7) is 3.57. The van der Waals surface area contributed by atoms with Gasteiger partial charge in [0.25, 0.3) is 0 Å². The summed E-state index contributed by atoms with van der Waals surface area (Å²) in [5.41, 5.74) is 3.09. The molecular weight excluding hydrogens is 423 g/mol. The zero-order valence-corrected chi connectivity index (χ0v) is 18.3. The summed E-state index contributed by atoms with van der Waals surface area (Å²) in [7, 11) is 1.67. The minimum absolute atomic E-state index is 0.140. The predicted octanol–water partition coefficient (Wildman–Crippen LogP) is 4.22. The molecule has 0 radical (unpaired) electrons. The van der Waals surface area contributed by atoms with E-state index in [-0.39, 0.29) is 11.9 Å². The van der Waals surface area contributed by atoms with Gasteiger partial charge >= 0.3 is 0 Å². The number of morpholine rings is 1. The molecular formula is C25H25FN4O3. The molecule has 1 saturated heterocycles. The third kappa shape index (κ3) is 5.13. The summed E-state index contributed by atoms with van der Waals surface area (Å²) < 4.78 is 30.4. The lowest BCUT2D eigenvalue weighted by molar-refractivity contribution is -0.0293. The van der Waals surface area contributed by atoms with Crippen LogP contribution in [0, 0.1) is 5.82 Å². The zero-order chi connectivity index (χ0) is 22.6. The number of methoxy groups -OCH3 is 1. The first-order valence-corrected chi connectivity index (χ1v) is 10.9. The predicted molar refractivity (Wildman–Crippen MR) is 123 cm³/mol. The Morgan fingerprint density at radius 2 is 2.12 bits per heavy atom. The number of fused-ring (bicyclic) bond motifs is 1. The number of benzene rings is 1. The molecule has 4 heterocycles. The number of aromatic nitrogens is 2. The fraction of sp³-hybridized carbons (Fsp3) is 0.280. The molecule has 1 atom stereocenters. The second kappa shape index (κ2) is 9.56. The van der Waals surface area contributed by atoms with Gasteiger partial charge in [-0.1, -0.05) is 6.07 Å². The Hall–Kier alpha value is -3.49. The van der Waals surface area contributed by atoms with Crippen LogP contribution in [-0.2, 0) is 4.74 Å². The Kier molecular flexibility index (Phi) is 6.19. The van der Waals surface area contributed by atoms with Gasteiger partial charge in [-0.05, 0) is 54.1 Å². The third-order valence-electron chi connectivity index (χ3n) is 5.65. The third-order valence-corrected chi connectivity index (χ3v) is 5.65. The lowest BCUT2D eigenvalue weighted by atomic mass is 10.1. The number of anilines is 2. The van der Waals surface area contributed by atoms with Crippen molar-refractivity contribution in [2.45, 2.75) is 6.10 Å². The number of hydrogen-bond acceptors (Lipinski definition) is 7. The van der Waals surface area contributed by atoms with Gasteiger partial charge in [-0.25, -0.2) is 14.4 Å². The molecule has 2 aliphatic heterocycles. The fourth-order valence-corrected chi connectivity index (χ4v) is 4.01. The summed E-state index contributed by atoms with van der Waals surface area (Å²) in [4.78, 5) is 11.1. The van der Waals surface area contributed by atoms with Crippen LogP contribution < -0.4 is 14.8 Å². The molecule has 0 amide bonds. The van der Waals surface area contributed by atoms with Crippen molar-refractivity contribution in [1.29, 1.82) is 0 Å². The maximum atomic E-state index is 13.1. The van der Waals surface area contributed by atoms with Gasteiger partial charge in [0, 0.05) is 25.2 Å². The zero-order valence-electron chi connectivity index (χ0n) is 18.3. The van der Waals surface area contributed by atoms with Crippen molar-refractivity contribution >= 4 is 17.7 Å². The molecule has 0 unspecified atom stereocenters. The smallest absolute Gasteiger partial charge is 0.141 e. The van der Waals surface area contributed by atoms with Crippen LogP contribution in [0.5, 0.6) is 11.5 Å². The van der Waals surface area contributed by atoms with Crippen molar-refractivity contribution in [1.82, 2.24) is 14.9 Å². The maximum absolute atomic E-state index is 13.1. The number of nitrogens with one attached hydrogen (secondary N) is 1. The second-order valence-corrected chi connectivity index (χ2v) is 8.02. The quantitative estimate of drug-likeness (QED) is 0.606. The second-order valence-electron chi connectivity index (χ2n) is 8.02. The lowest BCUT2D eigenvalue weighted by Gasteiger charge is -2.34. The number of hydrogen-bond donors (Lipinski definition) is 1. The number of ether oxygens (including phenoxy) is 3. The van der Waals surface area contributed by atoms with Crippen molar-refractivity contribution in [3.63, 3.8) is 0 Å². The van der Waals surface area contributed by atoms with E-state index in [0.717, 1.165) is 42.4 Å². The van der Waals surface area contributed by atoms with Crippen LogP contribution in [0.2, 0.25) is 0 Å². The largest absolute Gasteiger partial charge is 0.497 e. The molecule has 7 nitrogen and oxygen atoms in total. The molecule has 0 spiro atoms. The fourth-order valence-electron chi connectivity index (χ4n) is 4.01. The van der Waals surface area contributed by atoms with Crippen LogP contribution in [0.15, 0.2) is 60.3 Å². The highest BCUT2D eigenvalue weighted by atomic mass is 19.1. The maximum Gasteiger partial charge on any atom is 0.141 e. The summed E-state index contributed by atoms with van der Waals surface area (Å²) in [5, 5.41) is 3.11. The number of pyridine rings is 2. The summed E-state index contributed by atoms with van der Waals surface area (Å²) >= 11 is 0. The van der Waals surface area contributed by atoms with Gasteiger partial charge in [0.2, 0.25) is 0 Å². The highest BCUT2D eigenvalue weighted by Gasteiger charge is 2.25. The van der Waals surface area contributed by atoms with Crippen molar-refractivity contribution in [3.05, 3.63) is 77.4 Å². The van der Waals surface area contributed by atoms with Crippen LogP contribution >= 0.6 is 0 Å². The van der Waals surface area contributed by atoms with Gasteiger partial charge < -0.3 is 19.5 Å². The standard InChI is InChI=1S/C25H25FN4O3/c1-31-20-6-7-22-18(12-20)11-17(16-33-22)14-30-9-10-32-23(15-30)21-3-2-4-25(28-21)29-24-8-5-19(26)13-27-24/h2-8,11-13,23H,9-10,14-16H2,1H3,(H,27,28,29)/t23-/m0/s1. The summed E-state index contributed by atoms with van der Waals surface area (Å²) in [6, 6.07) is 14.5. The SMILES string of the molecule is COc1ccc2c(c1)C=C(CN1CCO[C@H](c3cccc(Nc4ccc(F)cn4)n3)C1)CO2. The Bertz CT molecular complexity index is 1150. The Labute approximate surface area is 191 Å². The van der Waals surface area contributed by atoms with Crippen molar-refractivity contribution in [2.24, 2.45) is 0 Å². The molecule has 33 heavy (non-hydrogen) atoms. The summed E-state index contributed by atoms with van der Waals surface area (Å²) in [6.07, 6.45) is 3.22. The minimum atomic E-state index is -0.376. The van der Waals surface area contributed by atoms with Crippen molar-refractivity contribution in [3.8, 4) is 11.5 Å². The Balaban J connectivity index is 1.25.